The molecule has 1 atom stereocenters. The fourth-order valence-electron chi connectivity index (χ4n) is 2.37. The van der Waals surface area contributed by atoms with Crippen LogP contribution in [0.1, 0.15) is 12.8 Å². The lowest BCUT2D eigenvalue weighted by Gasteiger charge is -2.23. The third kappa shape index (κ3) is 2.38. The quantitative estimate of drug-likeness (QED) is 0.660. The average molecular weight is 269 g/mol. The van der Waals surface area contributed by atoms with Crippen LogP contribution in [0.3, 0.4) is 0 Å². The second kappa shape index (κ2) is 4.87. The van der Waals surface area contributed by atoms with Gasteiger partial charge in [-0.3, -0.25) is 14.5 Å². The van der Waals surface area contributed by atoms with Crippen LogP contribution in [0, 0.1) is 0 Å². The number of hydrogen-bond donors (Lipinski definition) is 1. The molecule has 8 nitrogen and oxygen atoms in total. The van der Waals surface area contributed by atoms with Crippen molar-refractivity contribution in [2.45, 2.75) is 18.9 Å². The van der Waals surface area contributed by atoms with Crippen molar-refractivity contribution < 1.29 is 24.3 Å². The van der Waals surface area contributed by atoms with E-state index in [1.807, 2.05) is 0 Å². The van der Waals surface area contributed by atoms with E-state index in [1.54, 1.807) is 0 Å². The van der Waals surface area contributed by atoms with Crippen molar-refractivity contribution in [1.29, 1.82) is 0 Å². The summed E-state index contributed by atoms with van der Waals surface area (Å²) in [5, 5.41) is 8.99. The van der Waals surface area contributed by atoms with Gasteiger partial charge in [0.1, 0.15) is 19.1 Å². The highest BCUT2D eigenvalue weighted by Gasteiger charge is 2.39. The smallest absolute Gasteiger partial charge is 0.327 e. The molecule has 2 aliphatic rings. The molecular formula is C11H15N3O5. The van der Waals surface area contributed by atoms with Crippen LogP contribution in [0.4, 0.5) is 4.79 Å². The maximum absolute atomic E-state index is 12.0. The summed E-state index contributed by atoms with van der Waals surface area (Å²) in [6, 6.07) is -1.37. The second-order valence-corrected chi connectivity index (χ2v) is 4.70. The predicted molar refractivity (Wildman–Crippen MR) is 62.1 cm³/mol. The molecule has 0 bridgehead atoms. The Balaban J connectivity index is 2.03. The Morgan fingerprint density at radius 3 is 2.58 bits per heavy atom. The van der Waals surface area contributed by atoms with Crippen LogP contribution >= 0.6 is 0 Å². The van der Waals surface area contributed by atoms with Gasteiger partial charge in [0.2, 0.25) is 5.91 Å². The van der Waals surface area contributed by atoms with Gasteiger partial charge >= 0.3 is 12.0 Å². The van der Waals surface area contributed by atoms with Crippen molar-refractivity contribution in [3.63, 3.8) is 0 Å². The van der Waals surface area contributed by atoms with Crippen LogP contribution in [0.2, 0.25) is 0 Å². The number of hydrogen-bond acceptors (Lipinski definition) is 4. The normalized spacial score (nSPS) is 23.4. The van der Waals surface area contributed by atoms with E-state index >= 15 is 0 Å². The number of carboxylic acid groups (broad SMARTS) is 1. The number of carbonyl (C=O) groups excluding carboxylic acids is 3. The number of imide groups is 1. The van der Waals surface area contributed by atoms with E-state index in [9.17, 15) is 19.2 Å². The van der Waals surface area contributed by atoms with Crippen LogP contribution in [-0.2, 0) is 14.4 Å². The summed E-state index contributed by atoms with van der Waals surface area (Å²) < 4.78 is 0. The number of urea groups is 1. The maximum Gasteiger partial charge on any atom is 0.327 e. The first-order valence-electron chi connectivity index (χ1n) is 5.99. The lowest BCUT2D eigenvalue weighted by atomic mass is 10.2. The third-order valence-electron chi connectivity index (χ3n) is 3.38. The van der Waals surface area contributed by atoms with E-state index in [1.165, 1.54) is 16.8 Å². The SMILES string of the molecule is CN1CC(=O)N(CC(=O)N2CCCC2C(=O)O)C1=O. The highest BCUT2D eigenvalue weighted by molar-refractivity contribution is 6.04. The highest BCUT2D eigenvalue weighted by atomic mass is 16.4. The minimum atomic E-state index is -1.05. The summed E-state index contributed by atoms with van der Waals surface area (Å²) in [5.74, 6) is -1.99. The van der Waals surface area contributed by atoms with E-state index in [2.05, 4.69) is 0 Å². The van der Waals surface area contributed by atoms with Gasteiger partial charge in [0.25, 0.3) is 5.91 Å². The molecule has 0 spiro atoms. The third-order valence-corrected chi connectivity index (χ3v) is 3.38. The van der Waals surface area contributed by atoms with Gasteiger partial charge in [-0.2, -0.15) is 0 Å². The summed E-state index contributed by atoms with van der Waals surface area (Å²) in [6.07, 6.45) is 1.02. The monoisotopic (exact) mass is 269 g/mol. The van der Waals surface area contributed by atoms with E-state index in [0.29, 0.717) is 19.4 Å². The number of rotatable bonds is 3. The maximum atomic E-state index is 12.0. The molecule has 2 rings (SSSR count). The van der Waals surface area contributed by atoms with E-state index in [4.69, 9.17) is 5.11 Å². The Labute approximate surface area is 109 Å². The fraction of sp³-hybridized carbons (Fsp3) is 0.636. The number of nitrogens with zero attached hydrogens (tertiary/aromatic N) is 3. The Kier molecular flexibility index (Phi) is 3.41. The van der Waals surface area contributed by atoms with Crippen LogP contribution in [-0.4, -0.2) is 76.3 Å². The van der Waals surface area contributed by atoms with E-state index in [0.717, 1.165) is 4.90 Å². The van der Waals surface area contributed by atoms with Crippen molar-refractivity contribution in [2.75, 3.05) is 26.7 Å². The van der Waals surface area contributed by atoms with Gasteiger partial charge in [-0.1, -0.05) is 0 Å². The van der Waals surface area contributed by atoms with Crippen LogP contribution in [0.5, 0.6) is 0 Å². The van der Waals surface area contributed by atoms with Gasteiger partial charge in [0.05, 0.1) is 0 Å². The van der Waals surface area contributed by atoms with Gasteiger partial charge in [-0.15, -0.1) is 0 Å². The standard InChI is InChI=1S/C11H15N3O5/c1-12-5-8(15)14(11(12)19)6-9(16)13-4-2-3-7(13)10(17)18/h7H,2-6H2,1H3,(H,17,18). The van der Waals surface area contributed by atoms with Gasteiger partial charge in [-0.25, -0.2) is 9.59 Å². The number of likely N-dealkylation sites (N-methyl/N-ethyl adjacent to an activating group) is 1. The molecule has 2 heterocycles. The Morgan fingerprint density at radius 1 is 1.37 bits per heavy atom. The molecule has 0 aromatic heterocycles. The van der Waals surface area contributed by atoms with E-state index < -0.39 is 29.9 Å². The molecule has 104 valence electrons. The largest absolute Gasteiger partial charge is 0.480 e. The van der Waals surface area contributed by atoms with Gasteiger partial charge in [-0.05, 0) is 12.8 Å². The van der Waals surface area contributed by atoms with Crippen molar-refractivity contribution in [3.05, 3.63) is 0 Å². The molecule has 2 fully saturated rings. The molecule has 2 aliphatic heterocycles. The molecule has 0 radical (unpaired) electrons. The molecule has 8 heteroatoms. The number of amides is 4. The first-order chi connectivity index (χ1) is 8.91. The van der Waals surface area contributed by atoms with E-state index in [-0.39, 0.29) is 13.1 Å². The summed E-state index contributed by atoms with van der Waals surface area (Å²) >= 11 is 0. The molecule has 1 unspecified atom stereocenters. The van der Waals surface area contributed by atoms with Crippen LogP contribution in [0.25, 0.3) is 0 Å². The van der Waals surface area contributed by atoms with Crippen LogP contribution < -0.4 is 0 Å². The zero-order valence-corrected chi connectivity index (χ0v) is 10.5. The molecule has 4 amide bonds. The molecule has 1 N–H and O–H groups in total. The predicted octanol–water partition coefficient (Wildman–Crippen LogP) is -1.04. The zero-order valence-electron chi connectivity index (χ0n) is 10.5. The molecular weight excluding hydrogens is 254 g/mol. The first-order valence-corrected chi connectivity index (χ1v) is 5.99. The van der Waals surface area contributed by atoms with Crippen molar-refractivity contribution in [1.82, 2.24) is 14.7 Å². The first kappa shape index (κ1) is 13.3. The van der Waals surface area contributed by atoms with Crippen molar-refractivity contribution in [3.8, 4) is 0 Å². The molecule has 0 aromatic carbocycles. The zero-order chi connectivity index (χ0) is 14.2. The van der Waals surface area contributed by atoms with Gasteiger partial charge in [0.15, 0.2) is 0 Å². The minimum absolute atomic E-state index is 0.0472. The van der Waals surface area contributed by atoms with Crippen molar-refractivity contribution in [2.24, 2.45) is 0 Å². The highest BCUT2D eigenvalue weighted by Crippen LogP contribution is 2.18. The molecule has 19 heavy (non-hydrogen) atoms. The van der Waals surface area contributed by atoms with Crippen molar-refractivity contribution >= 4 is 23.8 Å². The lowest BCUT2D eigenvalue weighted by Crippen LogP contribution is -2.47. The number of likely N-dealkylation sites (tertiary alicyclic amines) is 1. The number of carboxylic acids is 1. The summed E-state index contributed by atoms with van der Waals surface area (Å²) in [6.45, 7) is -0.0812. The molecule has 0 saturated carbocycles. The topological polar surface area (TPSA) is 98.2 Å². The number of aliphatic carboxylic acids is 1. The van der Waals surface area contributed by atoms with Gasteiger partial charge < -0.3 is 14.9 Å². The minimum Gasteiger partial charge on any atom is -0.480 e. The van der Waals surface area contributed by atoms with Crippen LogP contribution in [0.15, 0.2) is 0 Å². The molecule has 2 saturated heterocycles. The lowest BCUT2D eigenvalue weighted by molar-refractivity contribution is -0.148. The summed E-state index contributed by atoms with van der Waals surface area (Å²) in [7, 11) is 1.47. The Hall–Kier alpha value is -2.12. The second-order valence-electron chi connectivity index (χ2n) is 4.70. The fourth-order valence-corrected chi connectivity index (χ4v) is 2.37. The summed E-state index contributed by atoms with van der Waals surface area (Å²) in [4.78, 5) is 49.5. The summed E-state index contributed by atoms with van der Waals surface area (Å²) in [5.41, 5.74) is 0. The molecule has 0 aliphatic carbocycles. The molecule has 0 aromatic rings. The van der Waals surface area contributed by atoms with Gasteiger partial charge in [0, 0.05) is 13.6 Å². The number of carbonyl (C=O) groups is 4. The Bertz CT molecular complexity index is 450. The average Bonchev–Trinajstić information content (AvgIpc) is 2.90. The Morgan fingerprint density at radius 2 is 2.05 bits per heavy atom.